The van der Waals surface area contributed by atoms with E-state index in [1.807, 2.05) is 6.07 Å². The molecule has 3 aromatic rings. The predicted molar refractivity (Wildman–Crippen MR) is 106 cm³/mol. The van der Waals surface area contributed by atoms with Crippen LogP contribution in [0.5, 0.6) is 0 Å². The topological polar surface area (TPSA) is 123 Å². The predicted octanol–water partition coefficient (Wildman–Crippen LogP) is 1.87. The number of nitrogens with zero attached hydrogens (tertiary/aromatic N) is 3. The second-order valence-corrected chi connectivity index (χ2v) is 8.94. The molecule has 0 bridgehead atoms. The van der Waals surface area contributed by atoms with Gasteiger partial charge >= 0.3 is 0 Å². The van der Waals surface area contributed by atoms with Gasteiger partial charge in [0, 0.05) is 24.0 Å². The number of hydrogen-bond acceptors (Lipinski definition) is 6. The number of rotatable bonds is 4. The molecular weight excluding hydrogens is 378 g/mol. The summed E-state index contributed by atoms with van der Waals surface area (Å²) in [7, 11) is -3.68. The number of aliphatic hydroxyl groups excluding tert-OH is 1. The van der Waals surface area contributed by atoms with Gasteiger partial charge in [0.2, 0.25) is 10.0 Å². The van der Waals surface area contributed by atoms with Crippen LogP contribution in [0.3, 0.4) is 0 Å². The number of aliphatic hydroxyl groups is 1. The summed E-state index contributed by atoms with van der Waals surface area (Å²) in [6, 6.07) is 5.16. The highest BCUT2D eigenvalue weighted by atomic mass is 32.2. The molecule has 2 heterocycles. The Kier molecular flexibility index (Phi) is 4.82. The standard InChI is InChI=1S/C19H23N5O3S/c1-12-2-3-13(16-11-22-19-18(20)21-8-9-24(16)19)10-17(12)28(26,27)23-14-4-6-15(25)7-5-14/h2-3,8-11,14-15,23,25H,4-7H2,1H3,(H2,20,21). The SMILES string of the molecule is Cc1ccc(-c2cnc3c(N)nccn23)cc1S(=O)(=O)NC1CCC(O)CC1. The molecule has 0 atom stereocenters. The molecule has 0 saturated heterocycles. The lowest BCUT2D eigenvalue weighted by molar-refractivity contribution is 0.120. The number of aromatic nitrogens is 3. The van der Waals surface area contributed by atoms with Gasteiger partial charge in [0.15, 0.2) is 11.5 Å². The summed E-state index contributed by atoms with van der Waals surface area (Å²) < 4.78 is 30.6. The molecule has 28 heavy (non-hydrogen) atoms. The van der Waals surface area contributed by atoms with Crippen LogP contribution in [0, 0.1) is 6.92 Å². The van der Waals surface area contributed by atoms with Gasteiger partial charge in [0.1, 0.15) is 0 Å². The van der Waals surface area contributed by atoms with E-state index in [1.54, 1.807) is 42.0 Å². The fourth-order valence-electron chi connectivity index (χ4n) is 3.68. The number of nitrogens with one attached hydrogen (secondary N) is 1. The Labute approximate surface area is 163 Å². The molecule has 0 spiro atoms. The number of fused-ring (bicyclic) bond motifs is 1. The van der Waals surface area contributed by atoms with E-state index in [0.29, 0.717) is 42.7 Å². The molecule has 4 N–H and O–H groups in total. The van der Waals surface area contributed by atoms with Crippen LogP contribution >= 0.6 is 0 Å². The largest absolute Gasteiger partial charge is 0.393 e. The Bertz CT molecular complexity index is 1120. The van der Waals surface area contributed by atoms with Crippen LogP contribution in [0.1, 0.15) is 31.2 Å². The van der Waals surface area contributed by atoms with Crippen molar-refractivity contribution in [3.8, 4) is 11.3 Å². The zero-order valence-electron chi connectivity index (χ0n) is 15.5. The normalized spacial score (nSPS) is 20.5. The molecule has 0 unspecified atom stereocenters. The van der Waals surface area contributed by atoms with E-state index in [4.69, 9.17) is 5.73 Å². The number of nitrogens with two attached hydrogens (primary N) is 1. The minimum absolute atomic E-state index is 0.155. The molecule has 4 rings (SSSR count). The van der Waals surface area contributed by atoms with E-state index in [0.717, 1.165) is 11.3 Å². The van der Waals surface area contributed by atoms with Gasteiger partial charge in [-0.05, 0) is 44.2 Å². The van der Waals surface area contributed by atoms with E-state index >= 15 is 0 Å². The number of imidazole rings is 1. The Morgan fingerprint density at radius 2 is 1.96 bits per heavy atom. The van der Waals surface area contributed by atoms with Crippen molar-refractivity contribution in [2.45, 2.75) is 49.6 Å². The molecule has 1 saturated carbocycles. The van der Waals surface area contributed by atoms with Crippen molar-refractivity contribution >= 4 is 21.5 Å². The molecule has 1 aromatic carbocycles. The molecular formula is C19H23N5O3S. The van der Waals surface area contributed by atoms with E-state index in [9.17, 15) is 13.5 Å². The van der Waals surface area contributed by atoms with Crippen LogP contribution in [-0.4, -0.2) is 40.0 Å². The molecule has 1 fully saturated rings. The first-order valence-corrected chi connectivity index (χ1v) is 10.7. The summed E-state index contributed by atoms with van der Waals surface area (Å²) in [4.78, 5) is 8.57. The minimum atomic E-state index is -3.68. The Balaban J connectivity index is 1.69. The molecule has 1 aliphatic rings. The highest BCUT2D eigenvalue weighted by molar-refractivity contribution is 7.89. The molecule has 148 valence electrons. The second-order valence-electron chi connectivity index (χ2n) is 7.26. The highest BCUT2D eigenvalue weighted by Crippen LogP contribution is 2.28. The summed E-state index contributed by atoms with van der Waals surface area (Å²) in [6.07, 6.45) is 7.16. The van der Waals surface area contributed by atoms with Gasteiger partial charge in [0.25, 0.3) is 0 Å². The molecule has 0 radical (unpaired) electrons. The van der Waals surface area contributed by atoms with Crippen LogP contribution in [0.4, 0.5) is 5.82 Å². The summed E-state index contributed by atoms with van der Waals surface area (Å²) >= 11 is 0. The second kappa shape index (κ2) is 7.16. The third-order valence-corrected chi connectivity index (χ3v) is 6.91. The van der Waals surface area contributed by atoms with Gasteiger partial charge in [-0.3, -0.25) is 4.40 Å². The first-order chi connectivity index (χ1) is 13.3. The van der Waals surface area contributed by atoms with Crippen molar-refractivity contribution in [2.75, 3.05) is 5.73 Å². The molecule has 8 nitrogen and oxygen atoms in total. The summed E-state index contributed by atoms with van der Waals surface area (Å²) in [5, 5.41) is 9.64. The Morgan fingerprint density at radius 1 is 1.21 bits per heavy atom. The van der Waals surface area contributed by atoms with E-state index in [2.05, 4.69) is 14.7 Å². The van der Waals surface area contributed by atoms with Crippen molar-refractivity contribution in [1.82, 2.24) is 19.1 Å². The number of anilines is 1. The number of aryl methyl sites for hydroxylation is 1. The van der Waals surface area contributed by atoms with Crippen molar-refractivity contribution in [1.29, 1.82) is 0 Å². The van der Waals surface area contributed by atoms with E-state index < -0.39 is 10.0 Å². The van der Waals surface area contributed by atoms with Crippen molar-refractivity contribution in [2.24, 2.45) is 0 Å². The van der Waals surface area contributed by atoms with Gasteiger partial charge < -0.3 is 10.8 Å². The molecule has 0 aliphatic heterocycles. The average Bonchev–Trinajstić information content (AvgIpc) is 3.09. The molecule has 2 aromatic heterocycles. The van der Waals surface area contributed by atoms with Crippen LogP contribution in [0.2, 0.25) is 0 Å². The lowest BCUT2D eigenvalue weighted by Crippen LogP contribution is -2.38. The maximum atomic E-state index is 13.0. The van der Waals surface area contributed by atoms with Gasteiger partial charge in [-0.15, -0.1) is 0 Å². The van der Waals surface area contributed by atoms with E-state index in [1.165, 1.54) is 0 Å². The van der Waals surface area contributed by atoms with Crippen LogP contribution < -0.4 is 10.5 Å². The quantitative estimate of drug-likeness (QED) is 0.613. The molecule has 0 amide bonds. The van der Waals surface area contributed by atoms with Gasteiger partial charge in [-0.2, -0.15) is 0 Å². The first kappa shape index (κ1) is 18.9. The molecule has 1 aliphatic carbocycles. The third-order valence-electron chi connectivity index (χ3n) is 5.25. The number of hydrogen-bond donors (Lipinski definition) is 3. The third kappa shape index (κ3) is 3.48. The average molecular weight is 401 g/mol. The maximum Gasteiger partial charge on any atom is 0.241 e. The Hall–Kier alpha value is -2.49. The van der Waals surface area contributed by atoms with Gasteiger partial charge in [0.05, 0.1) is 22.9 Å². The number of benzene rings is 1. The van der Waals surface area contributed by atoms with Crippen LogP contribution in [0.25, 0.3) is 16.9 Å². The zero-order chi connectivity index (χ0) is 19.9. The fourth-order valence-corrected chi connectivity index (χ4v) is 5.25. The van der Waals surface area contributed by atoms with Crippen molar-refractivity contribution in [3.05, 3.63) is 42.4 Å². The van der Waals surface area contributed by atoms with E-state index in [-0.39, 0.29) is 17.0 Å². The lowest BCUT2D eigenvalue weighted by atomic mass is 9.94. The highest BCUT2D eigenvalue weighted by Gasteiger charge is 2.26. The van der Waals surface area contributed by atoms with Gasteiger partial charge in [-0.25, -0.2) is 23.1 Å². The van der Waals surface area contributed by atoms with Crippen molar-refractivity contribution in [3.63, 3.8) is 0 Å². The molecule has 9 heteroatoms. The zero-order valence-corrected chi connectivity index (χ0v) is 16.4. The fraction of sp³-hybridized carbons (Fsp3) is 0.368. The number of nitrogen functional groups attached to an aromatic ring is 1. The Morgan fingerprint density at radius 3 is 2.71 bits per heavy atom. The summed E-state index contributed by atoms with van der Waals surface area (Å²) in [6.45, 7) is 1.78. The monoisotopic (exact) mass is 401 g/mol. The number of sulfonamides is 1. The minimum Gasteiger partial charge on any atom is -0.393 e. The van der Waals surface area contributed by atoms with Crippen LogP contribution in [-0.2, 0) is 10.0 Å². The maximum absolute atomic E-state index is 13.0. The summed E-state index contributed by atoms with van der Waals surface area (Å²) in [5.41, 5.74) is 8.53. The van der Waals surface area contributed by atoms with Crippen molar-refractivity contribution < 1.29 is 13.5 Å². The smallest absolute Gasteiger partial charge is 0.241 e. The van der Waals surface area contributed by atoms with Gasteiger partial charge in [-0.1, -0.05) is 12.1 Å². The van der Waals surface area contributed by atoms with Crippen LogP contribution in [0.15, 0.2) is 41.7 Å². The lowest BCUT2D eigenvalue weighted by Gasteiger charge is -2.26. The summed E-state index contributed by atoms with van der Waals surface area (Å²) in [5.74, 6) is 0.315. The first-order valence-electron chi connectivity index (χ1n) is 9.24.